The number of hydrogen-bond acceptors (Lipinski definition) is 5. The molecule has 0 radical (unpaired) electrons. The summed E-state index contributed by atoms with van der Waals surface area (Å²) in [7, 11) is 1.65. The average Bonchev–Trinajstić information content (AvgIpc) is 3.24. The van der Waals surface area contributed by atoms with Gasteiger partial charge in [0, 0.05) is 48.1 Å². The van der Waals surface area contributed by atoms with E-state index < -0.39 is 5.82 Å². The second-order valence-corrected chi connectivity index (χ2v) is 8.78. The predicted molar refractivity (Wildman–Crippen MR) is 119 cm³/mol. The van der Waals surface area contributed by atoms with Crippen LogP contribution in [0.3, 0.4) is 0 Å². The fourth-order valence-electron chi connectivity index (χ4n) is 3.42. The van der Waals surface area contributed by atoms with E-state index in [1.54, 1.807) is 29.4 Å². The lowest BCUT2D eigenvalue weighted by Crippen LogP contribution is -2.48. The number of carbonyl (C=O) groups excluding carboxylic acids is 1. The number of benzene rings is 2. The third-order valence-electron chi connectivity index (χ3n) is 5.09. The number of nitrogens with zero attached hydrogens (tertiary/aromatic N) is 3. The molecule has 1 aromatic heterocycles. The molecule has 0 unspecified atom stereocenters. The van der Waals surface area contributed by atoms with Crippen LogP contribution in [0.5, 0.6) is 5.75 Å². The van der Waals surface area contributed by atoms with Crippen molar-refractivity contribution in [3.63, 3.8) is 0 Å². The molecule has 8 heteroatoms. The first-order valence-electron chi connectivity index (χ1n) is 9.59. The quantitative estimate of drug-likeness (QED) is 0.521. The van der Waals surface area contributed by atoms with E-state index in [1.807, 2.05) is 24.3 Å². The van der Waals surface area contributed by atoms with Crippen molar-refractivity contribution in [1.29, 1.82) is 0 Å². The van der Waals surface area contributed by atoms with Crippen LogP contribution in [-0.2, 0) is 6.54 Å². The zero-order chi connectivity index (χ0) is 21.1. The summed E-state index contributed by atoms with van der Waals surface area (Å²) in [6, 6.07) is 12.1. The van der Waals surface area contributed by atoms with Gasteiger partial charge in [-0.25, -0.2) is 9.37 Å². The topological polar surface area (TPSA) is 45.7 Å². The fraction of sp³-hybridized carbons (Fsp3) is 0.273. The molecule has 0 bridgehead atoms. The van der Waals surface area contributed by atoms with Gasteiger partial charge in [-0.15, -0.1) is 11.3 Å². The SMILES string of the molecule is COc1ccc(-c2nc(CN3CCN(C(=O)c4cc(F)ccc4Br)CC3)cs2)cc1. The van der Waals surface area contributed by atoms with Crippen molar-refractivity contribution < 1.29 is 13.9 Å². The Hall–Kier alpha value is -2.29. The van der Waals surface area contributed by atoms with Crippen LogP contribution in [-0.4, -0.2) is 54.0 Å². The van der Waals surface area contributed by atoms with Gasteiger partial charge < -0.3 is 9.64 Å². The van der Waals surface area contributed by atoms with Crippen LogP contribution in [0, 0.1) is 5.82 Å². The normalized spacial score (nSPS) is 14.7. The first-order chi connectivity index (χ1) is 14.5. The molecule has 30 heavy (non-hydrogen) atoms. The van der Waals surface area contributed by atoms with Gasteiger partial charge in [0.1, 0.15) is 16.6 Å². The number of rotatable bonds is 5. The zero-order valence-corrected chi connectivity index (χ0v) is 18.9. The Morgan fingerprint density at radius 1 is 1.17 bits per heavy atom. The van der Waals surface area contributed by atoms with Crippen LogP contribution in [0.4, 0.5) is 4.39 Å². The van der Waals surface area contributed by atoms with E-state index in [0.29, 0.717) is 23.1 Å². The second kappa shape index (κ2) is 9.24. The van der Waals surface area contributed by atoms with Crippen molar-refractivity contribution in [2.24, 2.45) is 0 Å². The van der Waals surface area contributed by atoms with E-state index >= 15 is 0 Å². The molecule has 0 N–H and O–H groups in total. The summed E-state index contributed by atoms with van der Waals surface area (Å²) >= 11 is 4.97. The minimum Gasteiger partial charge on any atom is -0.497 e. The van der Waals surface area contributed by atoms with E-state index in [2.05, 4.69) is 26.2 Å². The van der Waals surface area contributed by atoms with Gasteiger partial charge in [0.05, 0.1) is 18.4 Å². The largest absolute Gasteiger partial charge is 0.497 e. The highest BCUT2D eigenvalue weighted by atomic mass is 79.9. The number of aromatic nitrogens is 1. The van der Waals surface area contributed by atoms with Gasteiger partial charge in [-0.1, -0.05) is 0 Å². The lowest BCUT2D eigenvalue weighted by molar-refractivity contribution is 0.0626. The number of methoxy groups -OCH3 is 1. The van der Waals surface area contributed by atoms with Gasteiger partial charge in [0.2, 0.25) is 0 Å². The molecule has 1 fully saturated rings. The first-order valence-corrected chi connectivity index (χ1v) is 11.3. The van der Waals surface area contributed by atoms with Crippen LogP contribution in [0.25, 0.3) is 10.6 Å². The van der Waals surface area contributed by atoms with E-state index in [4.69, 9.17) is 9.72 Å². The van der Waals surface area contributed by atoms with Crippen molar-refractivity contribution in [2.45, 2.75) is 6.54 Å². The molecule has 3 aromatic rings. The van der Waals surface area contributed by atoms with Crippen molar-refractivity contribution in [2.75, 3.05) is 33.3 Å². The maximum atomic E-state index is 13.5. The monoisotopic (exact) mass is 489 g/mol. The maximum absolute atomic E-state index is 13.5. The Balaban J connectivity index is 1.34. The van der Waals surface area contributed by atoms with Crippen LogP contribution in [0.1, 0.15) is 16.1 Å². The zero-order valence-electron chi connectivity index (χ0n) is 16.5. The lowest BCUT2D eigenvalue weighted by Gasteiger charge is -2.34. The van der Waals surface area contributed by atoms with Gasteiger partial charge in [-0.3, -0.25) is 9.69 Å². The number of ether oxygens (including phenoxy) is 1. The van der Waals surface area contributed by atoms with Gasteiger partial charge in [0.15, 0.2) is 0 Å². The van der Waals surface area contributed by atoms with Crippen LogP contribution in [0.15, 0.2) is 52.3 Å². The Morgan fingerprint density at radius 3 is 2.60 bits per heavy atom. The second-order valence-electron chi connectivity index (χ2n) is 7.07. The Morgan fingerprint density at radius 2 is 1.90 bits per heavy atom. The fourth-order valence-corrected chi connectivity index (χ4v) is 4.65. The number of thiazole rings is 1. The molecule has 1 aliphatic rings. The smallest absolute Gasteiger partial charge is 0.255 e. The summed E-state index contributed by atoms with van der Waals surface area (Å²) in [5.74, 6) is 0.279. The summed E-state index contributed by atoms with van der Waals surface area (Å²) in [4.78, 5) is 21.6. The van der Waals surface area contributed by atoms with E-state index in [0.717, 1.165) is 41.6 Å². The number of piperazine rings is 1. The minimum absolute atomic E-state index is 0.142. The van der Waals surface area contributed by atoms with Crippen molar-refractivity contribution >= 4 is 33.2 Å². The van der Waals surface area contributed by atoms with Crippen LogP contribution < -0.4 is 4.74 Å². The third kappa shape index (κ3) is 4.71. The highest BCUT2D eigenvalue weighted by Crippen LogP contribution is 2.26. The minimum atomic E-state index is -0.406. The molecule has 1 aliphatic heterocycles. The number of halogens is 2. The van der Waals surface area contributed by atoms with E-state index in [9.17, 15) is 9.18 Å². The Labute approximate surface area is 187 Å². The van der Waals surface area contributed by atoms with Gasteiger partial charge in [-0.2, -0.15) is 0 Å². The average molecular weight is 490 g/mol. The molecule has 0 saturated carbocycles. The summed E-state index contributed by atoms with van der Waals surface area (Å²) in [5.41, 5.74) is 2.47. The van der Waals surface area contributed by atoms with Gasteiger partial charge in [-0.05, 0) is 58.4 Å². The van der Waals surface area contributed by atoms with Crippen molar-refractivity contribution in [1.82, 2.24) is 14.8 Å². The summed E-state index contributed by atoms with van der Waals surface area (Å²) < 4.78 is 19.3. The highest BCUT2D eigenvalue weighted by molar-refractivity contribution is 9.10. The predicted octanol–water partition coefficient (Wildman–Crippen LogP) is 4.68. The van der Waals surface area contributed by atoms with E-state index in [-0.39, 0.29) is 5.91 Å². The number of hydrogen-bond donors (Lipinski definition) is 0. The molecule has 4 rings (SSSR count). The molecule has 2 aromatic carbocycles. The molecular formula is C22H21BrFN3O2S. The Bertz CT molecular complexity index is 1030. The van der Waals surface area contributed by atoms with Crippen molar-refractivity contribution in [3.8, 4) is 16.3 Å². The van der Waals surface area contributed by atoms with Crippen LogP contribution >= 0.6 is 27.3 Å². The summed E-state index contributed by atoms with van der Waals surface area (Å²) in [6.45, 7) is 3.48. The van der Waals surface area contributed by atoms with Crippen molar-refractivity contribution in [3.05, 3.63) is 69.4 Å². The lowest BCUT2D eigenvalue weighted by atomic mass is 10.1. The standard InChI is InChI=1S/C22H21BrFN3O2S/c1-29-18-5-2-15(3-6-18)21-25-17(14-30-21)13-26-8-10-27(11-9-26)22(28)19-12-16(24)4-7-20(19)23/h2-7,12,14H,8-11,13H2,1H3. The Kier molecular flexibility index (Phi) is 6.46. The highest BCUT2D eigenvalue weighted by Gasteiger charge is 2.24. The molecule has 1 amide bonds. The molecular weight excluding hydrogens is 469 g/mol. The summed E-state index contributed by atoms with van der Waals surface area (Å²) in [6.07, 6.45) is 0. The molecule has 0 aliphatic carbocycles. The third-order valence-corrected chi connectivity index (χ3v) is 6.72. The molecule has 5 nitrogen and oxygen atoms in total. The van der Waals surface area contributed by atoms with Gasteiger partial charge >= 0.3 is 0 Å². The first kappa shape index (κ1) is 21.0. The number of carbonyl (C=O) groups is 1. The maximum Gasteiger partial charge on any atom is 0.255 e. The van der Waals surface area contributed by atoms with E-state index in [1.165, 1.54) is 12.1 Å². The summed E-state index contributed by atoms with van der Waals surface area (Å²) in [5, 5.41) is 3.07. The molecule has 1 saturated heterocycles. The molecule has 2 heterocycles. The van der Waals surface area contributed by atoms with Crippen LogP contribution in [0.2, 0.25) is 0 Å². The molecule has 0 atom stereocenters. The molecule has 156 valence electrons. The van der Waals surface area contributed by atoms with Gasteiger partial charge in [0.25, 0.3) is 5.91 Å². The molecule has 0 spiro atoms. The number of amides is 1.